The summed E-state index contributed by atoms with van der Waals surface area (Å²) in [5.74, 6) is 0.0659. The quantitative estimate of drug-likeness (QED) is 0.917. The monoisotopic (exact) mass is 285 g/mol. The van der Waals surface area contributed by atoms with E-state index in [0.717, 1.165) is 30.6 Å². The first-order valence-corrected chi connectivity index (χ1v) is 7.17. The van der Waals surface area contributed by atoms with Gasteiger partial charge in [-0.15, -0.1) is 0 Å². The first-order chi connectivity index (χ1) is 10.2. The van der Waals surface area contributed by atoms with Gasteiger partial charge in [-0.1, -0.05) is 0 Å². The molecule has 0 bridgehead atoms. The minimum Gasteiger partial charge on any atom is -0.334 e. The standard InChI is InChI=1S/C15H19N5O/c1-11-7-12(4-5-14(11)20-10-17-9-18-20)15(21)19-6-2-3-13(19)8-16/h4-5,7,9-10,13H,2-3,6,8,16H2,1H3/t13-/m1/s1. The van der Waals surface area contributed by atoms with Gasteiger partial charge in [-0.25, -0.2) is 9.67 Å². The van der Waals surface area contributed by atoms with Crippen molar-refractivity contribution in [2.45, 2.75) is 25.8 Å². The molecule has 1 aliphatic rings. The number of carbonyl (C=O) groups is 1. The largest absolute Gasteiger partial charge is 0.334 e. The van der Waals surface area contributed by atoms with Crippen LogP contribution in [0.2, 0.25) is 0 Å². The normalized spacial score (nSPS) is 18.2. The number of nitrogens with zero attached hydrogens (tertiary/aromatic N) is 4. The van der Waals surface area contributed by atoms with Crippen molar-refractivity contribution in [2.75, 3.05) is 13.1 Å². The minimum atomic E-state index is 0.0659. The maximum Gasteiger partial charge on any atom is 0.254 e. The Morgan fingerprint density at radius 1 is 1.48 bits per heavy atom. The van der Waals surface area contributed by atoms with E-state index in [9.17, 15) is 4.79 Å². The number of rotatable bonds is 3. The second-order valence-electron chi connectivity index (χ2n) is 5.37. The molecule has 110 valence electrons. The second kappa shape index (κ2) is 5.65. The van der Waals surface area contributed by atoms with E-state index < -0.39 is 0 Å². The number of hydrogen-bond acceptors (Lipinski definition) is 4. The van der Waals surface area contributed by atoms with E-state index in [0.29, 0.717) is 12.1 Å². The summed E-state index contributed by atoms with van der Waals surface area (Å²) in [6, 6.07) is 5.83. The molecule has 0 spiro atoms. The number of likely N-dealkylation sites (tertiary alicyclic amines) is 1. The molecule has 3 rings (SSSR count). The highest BCUT2D eigenvalue weighted by molar-refractivity contribution is 5.95. The maximum absolute atomic E-state index is 12.6. The second-order valence-corrected chi connectivity index (χ2v) is 5.37. The van der Waals surface area contributed by atoms with Crippen LogP contribution >= 0.6 is 0 Å². The van der Waals surface area contributed by atoms with Gasteiger partial charge < -0.3 is 10.6 Å². The van der Waals surface area contributed by atoms with Crippen molar-refractivity contribution in [3.8, 4) is 5.69 Å². The van der Waals surface area contributed by atoms with E-state index >= 15 is 0 Å². The van der Waals surface area contributed by atoms with Crippen LogP contribution in [-0.2, 0) is 0 Å². The van der Waals surface area contributed by atoms with Crippen LogP contribution in [0.4, 0.5) is 0 Å². The molecular formula is C15H19N5O. The van der Waals surface area contributed by atoms with E-state index in [1.54, 1.807) is 11.0 Å². The zero-order valence-electron chi connectivity index (χ0n) is 12.1. The molecule has 0 aliphatic carbocycles. The van der Waals surface area contributed by atoms with Gasteiger partial charge in [0, 0.05) is 24.7 Å². The molecule has 1 atom stereocenters. The Morgan fingerprint density at radius 2 is 2.33 bits per heavy atom. The van der Waals surface area contributed by atoms with E-state index in [4.69, 9.17) is 5.73 Å². The van der Waals surface area contributed by atoms with Crippen LogP contribution in [-0.4, -0.2) is 44.7 Å². The number of amides is 1. The summed E-state index contributed by atoms with van der Waals surface area (Å²) in [5, 5.41) is 4.12. The first-order valence-electron chi connectivity index (χ1n) is 7.17. The van der Waals surface area contributed by atoms with E-state index in [2.05, 4.69) is 10.1 Å². The van der Waals surface area contributed by atoms with E-state index in [1.165, 1.54) is 6.33 Å². The number of aromatic nitrogens is 3. The molecule has 0 saturated carbocycles. The Labute approximate surface area is 123 Å². The summed E-state index contributed by atoms with van der Waals surface area (Å²) < 4.78 is 1.70. The van der Waals surface area contributed by atoms with Crippen LogP contribution in [0.3, 0.4) is 0 Å². The van der Waals surface area contributed by atoms with Gasteiger partial charge in [-0.2, -0.15) is 5.10 Å². The van der Waals surface area contributed by atoms with Crippen LogP contribution < -0.4 is 5.73 Å². The third-order valence-electron chi connectivity index (χ3n) is 4.02. The van der Waals surface area contributed by atoms with Crippen LogP contribution in [0, 0.1) is 6.92 Å². The van der Waals surface area contributed by atoms with Gasteiger partial charge in [0.1, 0.15) is 12.7 Å². The summed E-state index contributed by atoms with van der Waals surface area (Å²) in [6.07, 6.45) is 5.17. The number of benzene rings is 1. The van der Waals surface area contributed by atoms with Crippen molar-refractivity contribution in [1.82, 2.24) is 19.7 Å². The van der Waals surface area contributed by atoms with Crippen molar-refractivity contribution in [2.24, 2.45) is 5.73 Å². The smallest absolute Gasteiger partial charge is 0.254 e. The fourth-order valence-electron chi connectivity index (χ4n) is 2.89. The van der Waals surface area contributed by atoms with Gasteiger partial charge in [0.2, 0.25) is 0 Å². The molecule has 6 heteroatoms. The van der Waals surface area contributed by atoms with Crippen LogP contribution in [0.5, 0.6) is 0 Å². The molecule has 1 fully saturated rings. The zero-order chi connectivity index (χ0) is 14.8. The van der Waals surface area contributed by atoms with Crippen molar-refractivity contribution in [3.05, 3.63) is 42.0 Å². The molecular weight excluding hydrogens is 266 g/mol. The number of nitrogens with two attached hydrogens (primary N) is 1. The lowest BCUT2D eigenvalue weighted by Gasteiger charge is -2.23. The molecule has 0 radical (unpaired) electrons. The highest BCUT2D eigenvalue weighted by atomic mass is 16.2. The minimum absolute atomic E-state index is 0.0659. The first kappa shape index (κ1) is 13.8. The fraction of sp³-hybridized carbons (Fsp3) is 0.400. The van der Waals surface area contributed by atoms with Gasteiger partial charge in [0.25, 0.3) is 5.91 Å². The summed E-state index contributed by atoms with van der Waals surface area (Å²) in [7, 11) is 0. The van der Waals surface area contributed by atoms with Crippen molar-refractivity contribution >= 4 is 5.91 Å². The van der Waals surface area contributed by atoms with Crippen LogP contribution in [0.25, 0.3) is 5.69 Å². The Kier molecular flexibility index (Phi) is 3.70. The zero-order valence-corrected chi connectivity index (χ0v) is 12.1. The highest BCUT2D eigenvalue weighted by Gasteiger charge is 2.28. The summed E-state index contributed by atoms with van der Waals surface area (Å²) in [6.45, 7) is 3.30. The van der Waals surface area contributed by atoms with Gasteiger partial charge in [0.15, 0.2) is 0 Å². The van der Waals surface area contributed by atoms with Crippen molar-refractivity contribution in [3.63, 3.8) is 0 Å². The molecule has 2 aromatic rings. The SMILES string of the molecule is Cc1cc(C(=O)N2CCC[C@@H]2CN)ccc1-n1cncn1. The Morgan fingerprint density at radius 3 is 3.00 bits per heavy atom. The molecule has 1 aromatic heterocycles. The highest BCUT2D eigenvalue weighted by Crippen LogP contribution is 2.21. The molecule has 1 aliphatic heterocycles. The van der Waals surface area contributed by atoms with Crippen molar-refractivity contribution in [1.29, 1.82) is 0 Å². The van der Waals surface area contributed by atoms with E-state index in [1.807, 2.05) is 30.0 Å². The van der Waals surface area contributed by atoms with E-state index in [-0.39, 0.29) is 11.9 Å². The van der Waals surface area contributed by atoms with Gasteiger partial charge in [-0.3, -0.25) is 4.79 Å². The topological polar surface area (TPSA) is 77.0 Å². The third-order valence-corrected chi connectivity index (χ3v) is 4.02. The van der Waals surface area contributed by atoms with Gasteiger partial charge in [-0.05, 0) is 43.5 Å². The average Bonchev–Trinajstić information content (AvgIpc) is 3.17. The molecule has 2 heterocycles. The summed E-state index contributed by atoms with van der Waals surface area (Å²) in [4.78, 5) is 18.4. The third kappa shape index (κ3) is 2.54. The number of aryl methyl sites for hydroxylation is 1. The Bertz CT molecular complexity index is 638. The molecule has 6 nitrogen and oxygen atoms in total. The lowest BCUT2D eigenvalue weighted by molar-refractivity contribution is 0.0741. The van der Waals surface area contributed by atoms with Gasteiger partial charge in [0.05, 0.1) is 5.69 Å². The molecule has 1 saturated heterocycles. The van der Waals surface area contributed by atoms with Crippen LogP contribution in [0.15, 0.2) is 30.9 Å². The molecule has 1 amide bonds. The van der Waals surface area contributed by atoms with Gasteiger partial charge >= 0.3 is 0 Å². The Balaban J connectivity index is 1.87. The maximum atomic E-state index is 12.6. The number of carbonyl (C=O) groups excluding carboxylic acids is 1. The van der Waals surface area contributed by atoms with Crippen molar-refractivity contribution < 1.29 is 4.79 Å². The Hall–Kier alpha value is -2.21. The average molecular weight is 285 g/mol. The summed E-state index contributed by atoms with van der Waals surface area (Å²) >= 11 is 0. The predicted molar refractivity (Wildman–Crippen MR) is 79.2 cm³/mol. The number of hydrogen-bond donors (Lipinski definition) is 1. The lowest BCUT2D eigenvalue weighted by Crippen LogP contribution is -2.39. The molecule has 21 heavy (non-hydrogen) atoms. The van der Waals surface area contributed by atoms with Crippen LogP contribution in [0.1, 0.15) is 28.8 Å². The lowest BCUT2D eigenvalue weighted by atomic mass is 10.1. The summed E-state index contributed by atoms with van der Waals surface area (Å²) in [5.41, 5.74) is 8.38. The molecule has 0 unspecified atom stereocenters. The fourth-order valence-corrected chi connectivity index (χ4v) is 2.89. The predicted octanol–water partition coefficient (Wildman–Crippen LogP) is 1.14. The molecule has 2 N–H and O–H groups in total. The molecule has 1 aromatic carbocycles.